The van der Waals surface area contributed by atoms with Gasteiger partial charge in [-0.15, -0.1) is 11.3 Å². The molecule has 3 aromatic rings. The van der Waals surface area contributed by atoms with E-state index in [9.17, 15) is 9.90 Å². The number of amides is 1. The number of fused-ring (bicyclic) bond motifs is 1. The second kappa shape index (κ2) is 7.80. The third kappa shape index (κ3) is 4.08. The predicted molar refractivity (Wildman–Crippen MR) is 101 cm³/mol. The van der Waals surface area contributed by atoms with E-state index in [1.165, 1.54) is 11.3 Å². The molecule has 1 amide bonds. The average Bonchev–Trinajstić information content (AvgIpc) is 3.23. The molecule has 25 heavy (non-hydrogen) atoms. The van der Waals surface area contributed by atoms with Crippen molar-refractivity contribution in [2.75, 3.05) is 6.61 Å². The van der Waals surface area contributed by atoms with Crippen LogP contribution in [0.25, 0.3) is 11.0 Å². The molecule has 5 nitrogen and oxygen atoms in total. The van der Waals surface area contributed by atoms with Gasteiger partial charge in [0.1, 0.15) is 5.65 Å². The Morgan fingerprint density at radius 2 is 2.16 bits per heavy atom. The molecule has 0 aliphatic heterocycles. The summed E-state index contributed by atoms with van der Waals surface area (Å²) in [5.41, 5.74) is 2.99. The Labute approximate surface area is 151 Å². The molecule has 0 aromatic carbocycles. The van der Waals surface area contributed by atoms with E-state index in [1.807, 2.05) is 29.8 Å². The van der Waals surface area contributed by atoms with Gasteiger partial charge in [0.2, 0.25) is 0 Å². The molecule has 0 saturated carbocycles. The van der Waals surface area contributed by atoms with Crippen molar-refractivity contribution in [3.8, 4) is 0 Å². The van der Waals surface area contributed by atoms with E-state index in [4.69, 9.17) is 0 Å². The number of pyridine rings is 1. The summed E-state index contributed by atoms with van der Waals surface area (Å²) in [6.45, 7) is 4.12. The fourth-order valence-electron chi connectivity index (χ4n) is 3.05. The first-order valence-electron chi connectivity index (χ1n) is 8.47. The number of aliphatic hydroxyl groups excluding tert-OH is 1. The van der Waals surface area contributed by atoms with Gasteiger partial charge in [0.05, 0.1) is 17.5 Å². The van der Waals surface area contributed by atoms with E-state index in [-0.39, 0.29) is 18.6 Å². The van der Waals surface area contributed by atoms with Crippen LogP contribution in [0.4, 0.5) is 0 Å². The molecule has 0 aliphatic rings. The summed E-state index contributed by atoms with van der Waals surface area (Å²) in [5.74, 6) is 0.308. The number of carbonyl (C=O) groups is 1. The number of aromatic nitrogens is 2. The highest BCUT2D eigenvalue weighted by atomic mass is 32.1. The minimum atomic E-state index is -0.209. The lowest BCUT2D eigenvalue weighted by Gasteiger charge is -2.18. The minimum absolute atomic E-state index is 0.0427. The third-order valence-electron chi connectivity index (χ3n) is 4.20. The number of nitrogens with one attached hydrogen (secondary N) is 2. The zero-order valence-corrected chi connectivity index (χ0v) is 15.3. The van der Waals surface area contributed by atoms with Crippen molar-refractivity contribution in [1.29, 1.82) is 0 Å². The highest BCUT2D eigenvalue weighted by Crippen LogP contribution is 2.24. The van der Waals surface area contributed by atoms with Crippen molar-refractivity contribution in [2.24, 2.45) is 5.92 Å². The molecule has 3 N–H and O–H groups in total. The van der Waals surface area contributed by atoms with Crippen LogP contribution in [0, 0.1) is 5.92 Å². The molecule has 0 bridgehead atoms. The minimum Gasteiger partial charge on any atom is -0.394 e. The lowest BCUT2D eigenvalue weighted by Crippen LogP contribution is -2.38. The molecule has 0 aliphatic carbocycles. The monoisotopic (exact) mass is 357 g/mol. The Morgan fingerprint density at radius 1 is 1.32 bits per heavy atom. The van der Waals surface area contributed by atoms with E-state index in [2.05, 4.69) is 29.1 Å². The number of rotatable bonds is 7. The van der Waals surface area contributed by atoms with Gasteiger partial charge < -0.3 is 15.4 Å². The highest BCUT2D eigenvalue weighted by molar-refractivity contribution is 7.12. The van der Waals surface area contributed by atoms with Crippen molar-refractivity contribution >= 4 is 28.3 Å². The topological polar surface area (TPSA) is 78.0 Å². The van der Waals surface area contributed by atoms with Crippen LogP contribution in [0.2, 0.25) is 0 Å². The van der Waals surface area contributed by atoms with E-state index in [1.54, 1.807) is 6.20 Å². The van der Waals surface area contributed by atoms with Crippen molar-refractivity contribution in [3.05, 3.63) is 52.0 Å². The molecule has 1 atom stereocenters. The number of aliphatic hydroxyl groups is 1. The maximum absolute atomic E-state index is 12.7. The fourth-order valence-corrected chi connectivity index (χ4v) is 3.88. The average molecular weight is 357 g/mol. The maximum Gasteiger partial charge on any atom is 0.261 e. The van der Waals surface area contributed by atoms with Crippen LogP contribution >= 0.6 is 11.3 Å². The molecule has 3 aromatic heterocycles. The number of hydrogen-bond donors (Lipinski definition) is 3. The van der Waals surface area contributed by atoms with Gasteiger partial charge in [-0.05, 0) is 53.5 Å². The zero-order chi connectivity index (χ0) is 17.8. The number of thiophene rings is 1. The molecule has 0 spiro atoms. The van der Waals surface area contributed by atoms with E-state index in [0.29, 0.717) is 17.2 Å². The summed E-state index contributed by atoms with van der Waals surface area (Å²) in [6, 6.07) is 5.79. The summed E-state index contributed by atoms with van der Waals surface area (Å²) in [4.78, 5) is 20.8. The Bertz CT molecular complexity index is 853. The molecule has 6 heteroatoms. The molecule has 3 rings (SSSR count). The molecular weight excluding hydrogens is 334 g/mol. The number of hydrogen-bond acceptors (Lipinski definition) is 4. The normalized spacial score (nSPS) is 12.6. The molecule has 3 heterocycles. The van der Waals surface area contributed by atoms with Gasteiger partial charge >= 0.3 is 0 Å². The Morgan fingerprint density at radius 3 is 2.92 bits per heavy atom. The van der Waals surface area contributed by atoms with Crippen LogP contribution in [0.1, 0.15) is 41.1 Å². The fraction of sp³-hybridized carbons (Fsp3) is 0.368. The lowest BCUT2D eigenvalue weighted by molar-refractivity contribution is 0.0912. The summed E-state index contributed by atoms with van der Waals surface area (Å²) in [7, 11) is 0. The smallest absolute Gasteiger partial charge is 0.261 e. The third-order valence-corrected chi connectivity index (χ3v) is 5.15. The largest absolute Gasteiger partial charge is 0.394 e. The SMILES string of the molecule is CC(C)C[C@@H](CO)NC(=O)c1sccc1Cc1ccnc2[nH]ccc12. The first-order chi connectivity index (χ1) is 12.1. The zero-order valence-electron chi connectivity index (χ0n) is 14.5. The summed E-state index contributed by atoms with van der Waals surface area (Å²) >= 11 is 1.44. The summed E-state index contributed by atoms with van der Waals surface area (Å²) in [6.07, 6.45) is 5.10. The Kier molecular flexibility index (Phi) is 5.50. The highest BCUT2D eigenvalue weighted by Gasteiger charge is 2.19. The quantitative estimate of drug-likeness (QED) is 0.607. The van der Waals surface area contributed by atoms with Crippen LogP contribution in [-0.4, -0.2) is 33.6 Å². The Balaban J connectivity index is 1.78. The van der Waals surface area contributed by atoms with Crippen molar-refractivity contribution in [2.45, 2.75) is 32.7 Å². The molecule has 0 saturated heterocycles. The predicted octanol–water partition coefficient (Wildman–Crippen LogP) is 3.35. The standard InChI is InChI=1S/C19H23N3O2S/c1-12(2)9-15(11-23)22-19(24)17-14(5-8-25-17)10-13-3-6-20-18-16(13)4-7-21-18/h3-8,12,15,23H,9-11H2,1-2H3,(H,20,21)(H,22,24)/t15-/m0/s1. The van der Waals surface area contributed by atoms with Crippen molar-refractivity contribution in [3.63, 3.8) is 0 Å². The van der Waals surface area contributed by atoms with Gasteiger partial charge in [0.25, 0.3) is 5.91 Å². The number of H-pyrrole nitrogens is 1. The molecular formula is C19H23N3O2S. The van der Waals surface area contributed by atoms with Gasteiger partial charge in [-0.2, -0.15) is 0 Å². The van der Waals surface area contributed by atoms with Gasteiger partial charge in [-0.3, -0.25) is 4.79 Å². The van der Waals surface area contributed by atoms with Crippen LogP contribution in [0.15, 0.2) is 36.0 Å². The molecule has 0 radical (unpaired) electrons. The van der Waals surface area contributed by atoms with Gasteiger partial charge in [-0.25, -0.2) is 4.98 Å². The number of nitrogens with zero attached hydrogens (tertiary/aromatic N) is 1. The van der Waals surface area contributed by atoms with Crippen molar-refractivity contribution < 1.29 is 9.90 Å². The molecule has 0 unspecified atom stereocenters. The van der Waals surface area contributed by atoms with Gasteiger partial charge in [0.15, 0.2) is 0 Å². The van der Waals surface area contributed by atoms with Gasteiger partial charge in [-0.1, -0.05) is 13.8 Å². The molecule has 0 fully saturated rings. The lowest BCUT2D eigenvalue weighted by atomic mass is 10.0. The number of carbonyl (C=O) groups excluding carboxylic acids is 1. The summed E-state index contributed by atoms with van der Waals surface area (Å²) in [5, 5.41) is 15.5. The second-order valence-corrected chi connectivity index (χ2v) is 7.56. The Hall–Kier alpha value is -2.18. The number of aromatic amines is 1. The van der Waals surface area contributed by atoms with Gasteiger partial charge in [0, 0.05) is 17.8 Å². The van der Waals surface area contributed by atoms with Crippen LogP contribution in [0.5, 0.6) is 0 Å². The van der Waals surface area contributed by atoms with E-state index in [0.717, 1.165) is 28.6 Å². The summed E-state index contributed by atoms with van der Waals surface area (Å²) < 4.78 is 0. The van der Waals surface area contributed by atoms with Crippen molar-refractivity contribution in [1.82, 2.24) is 15.3 Å². The van der Waals surface area contributed by atoms with Crippen LogP contribution in [-0.2, 0) is 6.42 Å². The second-order valence-electron chi connectivity index (χ2n) is 6.64. The molecule has 132 valence electrons. The van der Waals surface area contributed by atoms with Crippen LogP contribution in [0.3, 0.4) is 0 Å². The van der Waals surface area contributed by atoms with Crippen LogP contribution < -0.4 is 5.32 Å². The first kappa shape index (κ1) is 17.6. The van der Waals surface area contributed by atoms with E-state index >= 15 is 0 Å². The first-order valence-corrected chi connectivity index (χ1v) is 9.35. The maximum atomic E-state index is 12.7. The van der Waals surface area contributed by atoms with E-state index < -0.39 is 0 Å².